The Bertz CT molecular complexity index is 1240. The van der Waals surface area contributed by atoms with E-state index in [0.717, 1.165) is 35.1 Å². The van der Waals surface area contributed by atoms with Crippen LogP contribution in [-0.4, -0.2) is 53.0 Å². The minimum atomic E-state index is -1.41. The van der Waals surface area contributed by atoms with Gasteiger partial charge in [-0.05, 0) is 90.2 Å². The first-order valence-corrected chi connectivity index (χ1v) is 14.3. The Balaban J connectivity index is 1.58. The highest BCUT2D eigenvalue weighted by Crippen LogP contribution is 2.52. The van der Waals surface area contributed by atoms with Crippen LogP contribution in [0, 0.1) is 11.8 Å². The Hall–Kier alpha value is -3.59. The van der Waals surface area contributed by atoms with Gasteiger partial charge in [-0.2, -0.15) is 0 Å². The number of hydrogen-bond acceptors (Lipinski definition) is 6. The number of benzene rings is 2. The van der Waals surface area contributed by atoms with Gasteiger partial charge in [0.05, 0.1) is 0 Å². The summed E-state index contributed by atoms with van der Waals surface area (Å²) < 4.78 is 5.09. The van der Waals surface area contributed by atoms with Crippen LogP contribution in [0.4, 0.5) is 4.79 Å². The lowest BCUT2D eigenvalue weighted by atomic mass is 9.88. The van der Waals surface area contributed by atoms with Crippen molar-refractivity contribution in [3.05, 3.63) is 58.1 Å². The van der Waals surface area contributed by atoms with Crippen molar-refractivity contribution in [1.82, 2.24) is 10.6 Å². The number of aryl methyl sites for hydroxylation is 1. The van der Waals surface area contributed by atoms with Crippen LogP contribution < -0.4 is 15.4 Å². The van der Waals surface area contributed by atoms with E-state index in [1.165, 1.54) is 0 Å². The number of carboxylic acid groups (broad SMARTS) is 1. The van der Waals surface area contributed by atoms with Gasteiger partial charge in [-0.15, -0.1) is 0 Å². The highest BCUT2D eigenvalue weighted by molar-refractivity contribution is 5.76. The molecule has 4 rings (SSSR count). The Morgan fingerprint density at radius 3 is 2.15 bits per heavy atom. The zero-order valence-electron chi connectivity index (χ0n) is 23.2. The third-order valence-electron chi connectivity index (χ3n) is 8.18. The lowest BCUT2D eigenvalue weighted by Gasteiger charge is -2.19. The van der Waals surface area contributed by atoms with Crippen LogP contribution >= 0.6 is 0 Å². The molecule has 4 atom stereocenters. The summed E-state index contributed by atoms with van der Waals surface area (Å²) in [5, 5.41) is 35.9. The summed E-state index contributed by atoms with van der Waals surface area (Å²) >= 11 is 0. The van der Waals surface area contributed by atoms with Crippen molar-refractivity contribution in [2.45, 2.75) is 70.6 Å². The molecular formula is C31H40N2O7. The molecule has 0 aromatic heterocycles. The molecule has 9 heteroatoms. The smallest absolute Gasteiger partial charge is 0.508 e. The first-order valence-electron chi connectivity index (χ1n) is 14.3. The van der Waals surface area contributed by atoms with Crippen molar-refractivity contribution >= 4 is 18.0 Å². The third-order valence-corrected chi connectivity index (χ3v) is 8.18. The SMILES string of the molecule is CCC(=O)NCC1CC1c1cccc(O)c1CCc1ccc(OC(=O)O)c(CCO)c1C1CC1CNC(=O)CC. The number of aliphatic hydroxyl groups excluding tert-OH is 1. The van der Waals surface area contributed by atoms with Gasteiger partial charge in [-0.3, -0.25) is 9.59 Å². The second kappa shape index (κ2) is 13.2. The number of carbonyl (C=O) groups excluding carboxylic acids is 2. The quantitative estimate of drug-likeness (QED) is 0.176. The van der Waals surface area contributed by atoms with Gasteiger partial charge in [0.2, 0.25) is 11.8 Å². The molecule has 9 nitrogen and oxygen atoms in total. The number of phenols is 1. The molecular weight excluding hydrogens is 512 g/mol. The van der Waals surface area contributed by atoms with Gasteiger partial charge >= 0.3 is 6.16 Å². The van der Waals surface area contributed by atoms with E-state index in [-0.39, 0.29) is 54.1 Å². The molecule has 2 fully saturated rings. The summed E-state index contributed by atoms with van der Waals surface area (Å²) in [6.07, 6.45) is 2.72. The van der Waals surface area contributed by atoms with E-state index in [9.17, 15) is 29.7 Å². The minimum Gasteiger partial charge on any atom is -0.508 e. The van der Waals surface area contributed by atoms with E-state index >= 15 is 0 Å². The zero-order chi connectivity index (χ0) is 28.8. The first kappa shape index (κ1) is 29.4. The maximum absolute atomic E-state index is 11.8. The molecule has 40 heavy (non-hydrogen) atoms. The highest BCUT2D eigenvalue weighted by atomic mass is 16.7. The average Bonchev–Trinajstić information content (AvgIpc) is 3.86. The summed E-state index contributed by atoms with van der Waals surface area (Å²) in [4.78, 5) is 34.9. The second-order valence-electron chi connectivity index (χ2n) is 10.8. The molecule has 0 saturated heterocycles. The molecule has 216 valence electrons. The van der Waals surface area contributed by atoms with Gasteiger partial charge in [0.25, 0.3) is 0 Å². The largest absolute Gasteiger partial charge is 0.511 e. The Morgan fingerprint density at radius 2 is 1.52 bits per heavy atom. The Labute approximate surface area is 234 Å². The summed E-state index contributed by atoms with van der Waals surface area (Å²) in [5.74, 6) is 1.46. The van der Waals surface area contributed by atoms with E-state index in [4.69, 9.17) is 4.74 Å². The lowest BCUT2D eigenvalue weighted by Crippen LogP contribution is -2.24. The maximum Gasteiger partial charge on any atom is 0.511 e. The summed E-state index contributed by atoms with van der Waals surface area (Å²) in [6, 6.07) is 9.14. The summed E-state index contributed by atoms with van der Waals surface area (Å²) in [7, 11) is 0. The number of rotatable bonds is 14. The number of hydrogen-bond donors (Lipinski definition) is 5. The van der Waals surface area contributed by atoms with Crippen molar-refractivity contribution in [3.63, 3.8) is 0 Å². The number of carbonyl (C=O) groups is 3. The molecule has 2 aromatic rings. The van der Waals surface area contributed by atoms with Crippen molar-refractivity contribution in [1.29, 1.82) is 0 Å². The molecule has 2 aliphatic carbocycles. The minimum absolute atomic E-state index is 0.0101. The maximum atomic E-state index is 11.8. The van der Waals surface area contributed by atoms with Crippen molar-refractivity contribution in [2.75, 3.05) is 19.7 Å². The van der Waals surface area contributed by atoms with Crippen molar-refractivity contribution in [3.8, 4) is 11.5 Å². The molecule has 0 bridgehead atoms. The van der Waals surface area contributed by atoms with Crippen LogP contribution in [0.5, 0.6) is 11.5 Å². The fourth-order valence-electron chi connectivity index (χ4n) is 5.82. The third kappa shape index (κ3) is 7.13. The van der Waals surface area contributed by atoms with Gasteiger partial charge < -0.3 is 30.7 Å². The topological polar surface area (TPSA) is 145 Å². The van der Waals surface area contributed by atoms with Gasteiger partial charge in [-0.1, -0.05) is 32.0 Å². The molecule has 2 aromatic carbocycles. The number of aromatic hydroxyl groups is 1. The lowest BCUT2D eigenvalue weighted by molar-refractivity contribution is -0.121. The number of amides is 2. The fourth-order valence-corrected chi connectivity index (χ4v) is 5.82. The van der Waals surface area contributed by atoms with Crippen LogP contribution in [0.1, 0.15) is 79.2 Å². The number of ether oxygens (including phenoxy) is 1. The van der Waals surface area contributed by atoms with Crippen LogP contribution in [0.25, 0.3) is 0 Å². The van der Waals surface area contributed by atoms with E-state index in [2.05, 4.69) is 16.7 Å². The molecule has 0 radical (unpaired) electrons. The molecule has 2 saturated carbocycles. The van der Waals surface area contributed by atoms with Gasteiger partial charge in [0.15, 0.2) is 0 Å². The molecule has 5 N–H and O–H groups in total. The van der Waals surface area contributed by atoms with Crippen molar-refractivity contribution < 1.29 is 34.4 Å². The molecule has 0 aliphatic heterocycles. The second-order valence-corrected chi connectivity index (χ2v) is 10.8. The van der Waals surface area contributed by atoms with Crippen LogP contribution in [0.15, 0.2) is 30.3 Å². The molecule has 0 spiro atoms. The number of aliphatic hydroxyl groups is 1. The summed E-state index contributed by atoms with van der Waals surface area (Å²) in [5.41, 5.74) is 4.67. The van der Waals surface area contributed by atoms with E-state index in [0.29, 0.717) is 50.3 Å². The van der Waals surface area contributed by atoms with E-state index < -0.39 is 6.16 Å². The number of phenolic OH excluding ortho intramolecular Hbond substituents is 1. The van der Waals surface area contributed by atoms with Crippen LogP contribution in [0.2, 0.25) is 0 Å². The van der Waals surface area contributed by atoms with Gasteiger partial charge in [0, 0.05) is 38.1 Å². The first-order chi connectivity index (χ1) is 19.3. The number of nitrogens with one attached hydrogen (secondary N) is 2. The molecule has 2 aliphatic rings. The molecule has 4 unspecified atom stereocenters. The van der Waals surface area contributed by atoms with E-state index in [1.54, 1.807) is 12.1 Å². The predicted octanol–water partition coefficient (Wildman–Crippen LogP) is 4.03. The van der Waals surface area contributed by atoms with Crippen LogP contribution in [0.3, 0.4) is 0 Å². The van der Waals surface area contributed by atoms with Crippen LogP contribution in [-0.2, 0) is 28.9 Å². The highest BCUT2D eigenvalue weighted by Gasteiger charge is 2.42. The van der Waals surface area contributed by atoms with Crippen molar-refractivity contribution in [2.24, 2.45) is 11.8 Å². The van der Waals surface area contributed by atoms with E-state index in [1.807, 2.05) is 26.0 Å². The average molecular weight is 553 g/mol. The Kier molecular flexibility index (Phi) is 9.68. The normalized spacial score (nSPS) is 21.0. The predicted molar refractivity (Wildman–Crippen MR) is 150 cm³/mol. The van der Waals surface area contributed by atoms with Gasteiger partial charge in [0.1, 0.15) is 11.5 Å². The standard InChI is InChI=1S/C31H40N2O7/c1-3-28(36)32-16-19-14-24(19)21-6-5-7-26(35)22(21)10-8-18-9-11-27(40-31(38)39)23(12-13-34)30(18)25-15-20(25)17-33-29(37)4-2/h5-7,9,11,19-20,24-25,34-35H,3-4,8,10,12-17H2,1-2H3,(H,32,36)(H,33,37)(H,38,39). The molecule has 0 heterocycles. The Morgan fingerprint density at radius 1 is 0.875 bits per heavy atom. The zero-order valence-corrected chi connectivity index (χ0v) is 23.2. The molecule has 2 amide bonds. The monoisotopic (exact) mass is 552 g/mol. The fraction of sp³-hybridized carbons (Fsp3) is 0.516. The summed E-state index contributed by atoms with van der Waals surface area (Å²) in [6.45, 7) is 4.66. The van der Waals surface area contributed by atoms with Gasteiger partial charge in [-0.25, -0.2) is 4.79 Å².